The van der Waals surface area contributed by atoms with Gasteiger partial charge in [-0.05, 0) is 106 Å². The van der Waals surface area contributed by atoms with Crippen molar-refractivity contribution in [3.8, 4) is 39.1 Å². The zero-order valence-corrected chi connectivity index (χ0v) is 30.1. The highest BCUT2D eigenvalue weighted by Gasteiger charge is 2.47. The van der Waals surface area contributed by atoms with E-state index in [4.69, 9.17) is 0 Å². The highest BCUT2D eigenvalue weighted by atomic mass is 15.0. The Hall–Kier alpha value is -5.34. The van der Waals surface area contributed by atoms with Crippen LogP contribution < -0.4 is 16.4 Å². The molecule has 51 heavy (non-hydrogen) atoms. The molecule has 8 aromatic rings. The van der Waals surface area contributed by atoms with Crippen LogP contribution in [0.1, 0.15) is 75.3 Å². The van der Waals surface area contributed by atoms with Crippen LogP contribution in [-0.2, 0) is 10.8 Å². The minimum Gasteiger partial charge on any atom is -0.310 e. The van der Waals surface area contributed by atoms with E-state index in [-0.39, 0.29) is 23.5 Å². The van der Waals surface area contributed by atoms with Crippen molar-refractivity contribution < 1.29 is 0 Å². The Morgan fingerprint density at radius 3 is 1.96 bits per heavy atom. The highest BCUT2D eigenvalue weighted by Crippen LogP contribution is 2.54. The lowest BCUT2D eigenvalue weighted by Gasteiger charge is -2.37. The SMILES string of the molecule is CC(C)(C)c1ccc2c(c1)-c1cc(C(C)(C)C)cc3c1C2c1cccc2c1B3c1cc3cccc4c3c3c5c(cccc5n-2c13)-c1ccccc1-4. The molecule has 4 aliphatic rings. The van der Waals surface area contributed by atoms with Gasteiger partial charge in [0.25, 0.3) is 0 Å². The van der Waals surface area contributed by atoms with E-state index in [1.807, 2.05) is 0 Å². The zero-order valence-electron chi connectivity index (χ0n) is 30.1. The number of hydrogen-bond acceptors (Lipinski definition) is 0. The Labute approximate surface area is 299 Å². The van der Waals surface area contributed by atoms with Crippen LogP contribution in [0, 0.1) is 0 Å². The third-order valence-corrected chi connectivity index (χ3v) is 12.9. The molecule has 7 aromatic carbocycles. The molecule has 0 amide bonds. The molecule has 2 heteroatoms. The molecule has 3 heterocycles. The first-order valence-electron chi connectivity index (χ1n) is 18.7. The number of fused-ring (bicyclic) bond motifs is 11. The molecule has 0 radical (unpaired) electrons. The lowest BCUT2D eigenvalue weighted by Crippen LogP contribution is -2.61. The molecule has 0 saturated carbocycles. The van der Waals surface area contributed by atoms with Gasteiger partial charge in [-0.3, -0.25) is 0 Å². The molecule has 2 aliphatic heterocycles. The Morgan fingerprint density at radius 1 is 0.510 bits per heavy atom. The van der Waals surface area contributed by atoms with Crippen LogP contribution in [0.15, 0.2) is 115 Å². The van der Waals surface area contributed by atoms with Gasteiger partial charge in [-0.1, -0.05) is 150 Å². The maximum absolute atomic E-state index is 2.65. The molecule has 1 nitrogen and oxygen atoms in total. The predicted octanol–water partition coefficient (Wildman–Crippen LogP) is 10.5. The second kappa shape index (κ2) is 8.93. The molecular weight excluding hydrogens is 613 g/mol. The third-order valence-electron chi connectivity index (χ3n) is 12.9. The fourth-order valence-corrected chi connectivity index (χ4v) is 10.6. The van der Waals surface area contributed by atoms with Gasteiger partial charge in [-0.2, -0.15) is 0 Å². The van der Waals surface area contributed by atoms with E-state index in [0.29, 0.717) is 0 Å². The first kappa shape index (κ1) is 28.4. The summed E-state index contributed by atoms with van der Waals surface area (Å²) in [5.41, 5.74) is 24.1. The average Bonchev–Trinajstić information content (AvgIpc) is 3.60. The maximum atomic E-state index is 2.65. The van der Waals surface area contributed by atoms with E-state index < -0.39 is 0 Å². The number of aromatic nitrogens is 1. The monoisotopic (exact) mass is 651 g/mol. The summed E-state index contributed by atoms with van der Waals surface area (Å²) in [6.45, 7) is 14.3. The van der Waals surface area contributed by atoms with Crippen LogP contribution in [0.3, 0.4) is 0 Å². The van der Waals surface area contributed by atoms with Crippen molar-refractivity contribution in [3.63, 3.8) is 0 Å². The summed E-state index contributed by atoms with van der Waals surface area (Å²) in [4.78, 5) is 0. The van der Waals surface area contributed by atoms with E-state index in [1.165, 1.54) is 116 Å². The van der Waals surface area contributed by atoms with Gasteiger partial charge in [0.2, 0.25) is 6.71 Å². The predicted molar refractivity (Wildman–Crippen MR) is 218 cm³/mol. The number of rotatable bonds is 0. The lowest BCUT2D eigenvalue weighted by atomic mass is 9.31. The van der Waals surface area contributed by atoms with E-state index in [0.717, 1.165) is 0 Å². The van der Waals surface area contributed by atoms with Gasteiger partial charge < -0.3 is 4.57 Å². The van der Waals surface area contributed by atoms with Gasteiger partial charge in [0.1, 0.15) is 0 Å². The maximum Gasteiger partial charge on any atom is 0.247 e. The van der Waals surface area contributed by atoms with Gasteiger partial charge in [0.05, 0.1) is 11.0 Å². The molecule has 0 bridgehead atoms. The first-order chi connectivity index (χ1) is 24.6. The first-order valence-corrected chi connectivity index (χ1v) is 18.7. The molecule has 0 saturated heterocycles. The van der Waals surface area contributed by atoms with Crippen molar-refractivity contribution in [1.29, 1.82) is 0 Å². The summed E-state index contributed by atoms with van der Waals surface area (Å²) in [6.07, 6.45) is 0. The molecule has 0 N–H and O–H groups in total. The highest BCUT2D eigenvalue weighted by molar-refractivity contribution is 6.99. The topological polar surface area (TPSA) is 4.93 Å². The van der Waals surface area contributed by atoms with Crippen molar-refractivity contribution in [1.82, 2.24) is 4.57 Å². The van der Waals surface area contributed by atoms with Gasteiger partial charge in [-0.15, -0.1) is 0 Å². The van der Waals surface area contributed by atoms with E-state index >= 15 is 0 Å². The standard InChI is InChI=1S/C49H38BN/c1-48(2,3)27-20-21-33-35(23-27)36-24-28(49(4,5)6)25-37-43(36)42(33)34-17-11-19-40-46(34)50(37)38-22-26-12-9-15-31-29-13-7-8-14-30(29)32-16-10-18-39-44(32)45(41(26)31)47(38)51(39)40/h7-25,42H,1-6H3. The minimum atomic E-state index is 0.0157. The molecule has 0 spiro atoms. The summed E-state index contributed by atoms with van der Waals surface area (Å²) in [5, 5.41) is 5.53. The van der Waals surface area contributed by atoms with Gasteiger partial charge in [0.15, 0.2) is 0 Å². The summed E-state index contributed by atoms with van der Waals surface area (Å²) >= 11 is 0. The molecule has 1 unspecified atom stereocenters. The largest absolute Gasteiger partial charge is 0.310 e. The summed E-state index contributed by atoms with van der Waals surface area (Å²) in [6, 6.07) is 45.4. The fourth-order valence-electron chi connectivity index (χ4n) is 10.6. The Balaban J connectivity index is 1.29. The molecule has 2 aliphatic carbocycles. The second-order valence-corrected chi connectivity index (χ2v) is 17.6. The van der Waals surface area contributed by atoms with E-state index in [9.17, 15) is 0 Å². The third kappa shape index (κ3) is 3.31. The zero-order chi connectivity index (χ0) is 34.3. The Bertz CT molecular complexity index is 2940. The van der Waals surface area contributed by atoms with Crippen molar-refractivity contribution in [2.75, 3.05) is 0 Å². The van der Waals surface area contributed by atoms with Crippen molar-refractivity contribution in [2.45, 2.75) is 58.3 Å². The van der Waals surface area contributed by atoms with Gasteiger partial charge in [0, 0.05) is 22.4 Å². The number of hydrogen-bond donors (Lipinski definition) is 0. The normalized spacial score (nSPS) is 15.8. The second-order valence-electron chi connectivity index (χ2n) is 17.6. The van der Waals surface area contributed by atoms with Gasteiger partial charge in [-0.25, -0.2) is 0 Å². The molecule has 1 aromatic heterocycles. The van der Waals surface area contributed by atoms with Crippen LogP contribution in [-0.4, -0.2) is 11.3 Å². The summed E-state index contributed by atoms with van der Waals surface area (Å²) < 4.78 is 2.65. The quantitative estimate of drug-likeness (QED) is 0.144. The van der Waals surface area contributed by atoms with Gasteiger partial charge >= 0.3 is 0 Å². The van der Waals surface area contributed by atoms with Crippen molar-refractivity contribution in [2.24, 2.45) is 0 Å². The molecule has 12 rings (SSSR count). The summed E-state index contributed by atoms with van der Waals surface area (Å²) in [5.74, 6) is 0.228. The van der Waals surface area contributed by atoms with E-state index in [2.05, 4.69) is 161 Å². The van der Waals surface area contributed by atoms with E-state index in [1.54, 1.807) is 0 Å². The molecule has 1 atom stereocenters. The molecular formula is C49H38BN. The average molecular weight is 652 g/mol. The van der Waals surface area contributed by atoms with Crippen LogP contribution in [0.4, 0.5) is 0 Å². The van der Waals surface area contributed by atoms with Crippen LogP contribution in [0.5, 0.6) is 0 Å². The fraction of sp³-hybridized carbons (Fsp3) is 0.184. The minimum absolute atomic E-state index is 0.0157. The lowest BCUT2D eigenvalue weighted by molar-refractivity contribution is 0.589. The molecule has 242 valence electrons. The number of nitrogens with zero attached hydrogens (tertiary/aromatic N) is 1. The Morgan fingerprint density at radius 2 is 1.20 bits per heavy atom. The smallest absolute Gasteiger partial charge is 0.247 e. The summed E-state index contributed by atoms with van der Waals surface area (Å²) in [7, 11) is 0. The van der Waals surface area contributed by atoms with Crippen LogP contribution in [0.25, 0.3) is 71.6 Å². The van der Waals surface area contributed by atoms with Crippen molar-refractivity contribution in [3.05, 3.63) is 143 Å². The van der Waals surface area contributed by atoms with Crippen molar-refractivity contribution >= 4 is 55.7 Å². The number of benzene rings is 7. The molecule has 0 fully saturated rings. The Kier molecular flexibility index (Phi) is 4.97. The van der Waals surface area contributed by atoms with Crippen LogP contribution in [0.2, 0.25) is 0 Å². The van der Waals surface area contributed by atoms with Crippen LogP contribution >= 0.6 is 0 Å².